The molecule has 0 saturated heterocycles. The fourth-order valence-electron chi connectivity index (χ4n) is 11.9. The lowest BCUT2D eigenvalue weighted by Crippen LogP contribution is -2.10. The minimum Gasteiger partial charge on any atom is -0.309 e. The van der Waals surface area contributed by atoms with Gasteiger partial charge in [0.1, 0.15) is 11.6 Å². The number of rotatable bonds is 6. The Kier molecular flexibility index (Phi) is 8.59. The molecular weight excluding hydrogens is 879 g/mol. The minimum absolute atomic E-state index is 0.509. The molecule has 334 valence electrons. The van der Waals surface area contributed by atoms with Crippen molar-refractivity contribution in [2.75, 3.05) is 0 Å². The van der Waals surface area contributed by atoms with Crippen molar-refractivity contribution in [3.05, 3.63) is 243 Å². The van der Waals surface area contributed by atoms with Gasteiger partial charge < -0.3 is 18.3 Å². The van der Waals surface area contributed by atoms with Crippen LogP contribution < -0.4 is 0 Å². The number of nitrogens with zero attached hydrogens (tertiary/aromatic N) is 7. The van der Waals surface area contributed by atoms with Crippen molar-refractivity contribution in [2.45, 2.75) is 0 Å². The summed E-state index contributed by atoms with van der Waals surface area (Å²) >= 11 is 0. The Morgan fingerprint density at radius 2 is 0.542 bits per heavy atom. The van der Waals surface area contributed by atoms with Gasteiger partial charge >= 0.3 is 0 Å². The van der Waals surface area contributed by atoms with Crippen LogP contribution in [0.15, 0.2) is 237 Å². The summed E-state index contributed by atoms with van der Waals surface area (Å²) in [6.07, 6.45) is 7.71. The molecular formula is C65H39N7. The molecule has 0 N–H and O–H groups in total. The Bertz CT molecular complexity index is 4280. The van der Waals surface area contributed by atoms with E-state index in [9.17, 15) is 5.26 Å². The number of aromatic nitrogens is 6. The van der Waals surface area contributed by atoms with Crippen LogP contribution in [0.4, 0.5) is 0 Å². The Balaban J connectivity index is 1.18. The van der Waals surface area contributed by atoms with E-state index >= 15 is 0 Å². The highest BCUT2D eigenvalue weighted by Gasteiger charge is 2.30. The number of hydrogen-bond acceptors (Lipinski definition) is 3. The summed E-state index contributed by atoms with van der Waals surface area (Å²) in [6, 6.07) is 78.1. The first-order valence-electron chi connectivity index (χ1n) is 24.2. The summed E-state index contributed by atoms with van der Waals surface area (Å²) in [5, 5.41) is 21.5. The average Bonchev–Trinajstić information content (AvgIpc) is 4.18. The Labute approximate surface area is 412 Å². The monoisotopic (exact) mass is 917 g/mol. The SMILES string of the molecule is N#Cc1c(-n2c3ccccc3c3ccccc32)c(-c2cnccc2-n2c3ccccc3c3ccccc32)cc(-c2cnccc2-n2c3ccccc3c3ccccc32)c1-n1c2ccccc2c2ccccc21. The molecule has 7 heteroatoms. The summed E-state index contributed by atoms with van der Waals surface area (Å²) in [5.74, 6) is 0. The van der Waals surface area contributed by atoms with Crippen molar-refractivity contribution in [2.24, 2.45) is 0 Å². The van der Waals surface area contributed by atoms with Crippen molar-refractivity contribution in [3.63, 3.8) is 0 Å². The van der Waals surface area contributed by atoms with Gasteiger partial charge in [-0.15, -0.1) is 0 Å². The Hall–Kier alpha value is -10.0. The highest BCUT2D eigenvalue weighted by Crippen LogP contribution is 2.49. The third-order valence-corrected chi connectivity index (χ3v) is 14.8. The topological polar surface area (TPSA) is 69.3 Å². The third kappa shape index (κ3) is 5.54. The summed E-state index contributed by atoms with van der Waals surface area (Å²) in [6.45, 7) is 0. The number of benzene rings is 9. The van der Waals surface area contributed by atoms with Gasteiger partial charge in [0, 0.05) is 90.1 Å². The molecule has 9 aromatic carbocycles. The van der Waals surface area contributed by atoms with E-state index in [1.54, 1.807) is 0 Å². The second-order valence-electron chi connectivity index (χ2n) is 18.4. The highest BCUT2D eigenvalue weighted by molar-refractivity contribution is 6.15. The quantitative estimate of drug-likeness (QED) is 0.167. The lowest BCUT2D eigenvalue weighted by molar-refractivity contribution is 1.10. The predicted octanol–water partition coefficient (Wildman–Crippen LogP) is 16.1. The molecule has 0 spiro atoms. The first-order chi connectivity index (χ1) is 35.8. The molecule has 0 unspecified atom stereocenters. The molecule has 0 saturated carbocycles. The number of para-hydroxylation sites is 8. The molecule has 72 heavy (non-hydrogen) atoms. The van der Waals surface area contributed by atoms with Gasteiger partial charge in [-0.3, -0.25) is 9.97 Å². The van der Waals surface area contributed by atoms with Crippen molar-refractivity contribution in [1.82, 2.24) is 28.2 Å². The van der Waals surface area contributed by atoms with Gasteiger partial charge in [-0.25, -0.2) is 0 Å². The molecule has 0 radical (unpaired) electrons. The number of fused-ring (bicyclic) bond motifs is 12. The normalized spacial score (nSPS) is 11.9. The molecule has 7 nitrogen and oxygen atoms in total. The summed E-state index contributed by atoms with van der Waals surface area (Å²) < 4.78 is 9.36. The van der Waals surface area contributed by atoms with Crippen molar-refractivity contribution >= 4 is 87.2 Å². The molecule has 15 rings (SSSR count). The van der Waals surface area contributed by atoms with E-state index in [1.807, 2.05) is 24.8 Å². The average molecular weight is 918 g/mol. The zero-order valence-corrected chi connectivity index (χ0v) is 38.6. The van der Waals surface area contributed by atoms with Crippen LogP contribution in [0.3, 0.4) is 0 Å². The van der Waals surface area contributed by atoms with E-state index in [1.165, 1.54) is 0 Å². The van der Waals surface area contributed by atoms with E-state index < -0.39 is 0 Å². The van der Waals surface area contributed by atoms with Gasteiger partial charge in [0.2, 0.25) is 0 Å². The lowest BCUT2D eigenvalue weighted by Gasteiger charge is -2.25. The second-order valence-corrected chi connectivity index (χ2v) is 18.4. The standard InChI is InChI=1S/C65H39N7/c66-38-51-64(71-58-29-13-5-21-45(58)46-22-6-14-30-59(46)71)49(52-39-67-35-33-62(52)69-54-25-9-1-17-41(54)42-18-2-10-26-55(42)69)37-50(65(51)72-60-31-15-7-23-47(60)48-24-8-16-32-61(48)72)53-40-68-36-34-63(53)70-56-27-11-3-19-43(56)44-20-4-12-28-57(44)70/h1-37,39-40H. The fourth-order valence-corrected chi connectivity index (χ4v) is 11.9. The first kappa shape index (κ1) is 39.9. The minimum atomic E-state index is 0.509. The number of hydrogen-bond donors (Lipinski definition) is 0. The predicted molar refractivity (Wildman–Crippen MR) is 295 cm³/mol. The van der Waals surface area contributed by atoms with Crippen LogP contribution in [0.1, 0.15) is 5.56 Å². The van der Waals surface area contributed by atoms with Gasteiger partial charge in [-0.1, -0.05) is 146 Å². The van der Waals surface area contributed by atoms with Crippen LogP contribution in [0.5, 0.6) is 0 Å². The summed E-state index contributed by atoms with van der Waals surface area (Å²) in [7, 11) is 0. The van der Waals surface area contributed by atoms with E-state index in [2.05, 4.69) is 237 Å². The van der Waals surface area contributed by atoms with Crippen molar-refractivity contribution < 1.29 is 0 Å². The van der Waals surface area contributed by atoms with Crippen LogP contribution >= 0.6 is 0 Å². The van der Waals surface area contributed by atoms with Crippen LogP contribution in [0.2, 0.25) is 0 Å². The Morgan fingerprint density at radius 1 is 0.292 bits per heavy atom. The van der Waals surface area contributed by atoms with Crippen LogP contribution in [-0.4, -0.2) is 28.2 Å². The van der Waals surface area contributed by atoms with E-state index in [0.717, 1.165) is 132 Å². The fraction of sp³-hybridized carbons (Fsp3) is 0. The zero-order valence-electron chi connectivity index (χ0n) is 38.6. The number of nitriles is 1. The molecule has 0 aliphatic carbocycles. The Morgan fingerprint density at radius 3 is 0.806 bits per heavy atom. The smallest absolute Gasteiger partial charge is 0.104 e. The highest BCUT2D eigenvalue weighted by atomic mass is 15.0. The van der Waals surface area contributed by atoms with Gasteiger partial charge in [-0.2, -0.15) is 5.26 Å². The van der Waals surface area contributed by atoms with E-state index in [4.69, 9.17) is 9.97 Å². The maximum Gasteiger partial charge on any atom is 0.104 e. The molecule has 6 aromatic heterocycles. The molecule has 0 bridgehead atoms. The van der Waals surface area contributed by atoms with Crippen molar-refractivity contribution in [1.29, 1.82) is 5.26 Å². The van der Waals surface area contributed by atoms with Gasteiger partial charge in [0.05, 0.1) is 66.9 Å². The zero-order chi connectivity index (χ0) is 47.4. The van der Waals surface area contributed by atoms with E-state index in [0.29, 0.717) is 5.56 Å². The maximum atomic E-state index is 12.5. The first-order valence-corrected chi connectivity index (χ1v) is 24.2. The molecule has 0 fully saturated rings. The van der Waals surface area contributed by atoms with Crippen molar-refractivity contribution in [3.8, 4) is 51.1 Å². The van der Waals surface area contributed by atoms with E-state index in [-0.39, 0.29) is 0 Å². The van der Waals surface area contributed by atoms with Crippen LogP contribution in [0, 0.1) is 11.3 Å². The van der Waals surface area contributed by atoms with Gasteiger partial charge in [0.15, 0.2) is 0 Å². The lowest BCUT2D eigenvalue weighted by atomic mass is 9.91. The number of pyridine rings is 2. The molecule has 6 heterocycles. The summed E-state index contributed by atoms with van der Waals surface area (Å²) in [5.41, 5.74) is 15.6. The molecule has 0 amide bonds. The molecule has 0 aliphatic rings. The molecule has 0 atom stereocenters. The molecule has 0 aliphatic heterocycles. The third-order valence-electron chi connectivity index (χ3n) is 14.8. The largest absolute Gasteiger partial charge is 0.309 e. The summed E-state index contributed by atoms with van der Waals surface area (Å²) in [4.78, 5) is 9.90. The van der Waals surface area contributed by atoms with Crippen LogP contribution in [-0.2, 0) is 0 Å². The van der Waals surface area contributed by atoms with Crippen LogP contribution in [0.25, 0.3) is 132 Å². The van der Waals surface area contributed by atoms with Gasteiger partial charge in [-0.05, 0) is 66.7 Å². The maximum absolute atomic E-state index is 12.5. The molecule has 15 aromatic rings. The van der Waals surface area contributed by atoms with Gasteiger partial charge in [0.25, 0.3) is 0 Å². The second kappa shape index (κ2) is 15.5.